The lowest BCUT2D eigenvalue weighted by Crippen LogP contribution is -2.00. The molecule has 0 radical (unpaired) electrons. The Balaban J connectivity index is 2.36. The van der Waals surface area contributed by atoms with Crippen molar-refractivity contribution < 1.29 is 9.53 Å². The Morgan fingerprint density at radius 3 is 3.00 bits per heavy atom. The van der Waals surface area contributed by atoms with Gasteiger partial charge in [0.25, 0.3) is 0 Å². The predicted molar refractivity (Wildman–Crippen MR) is 52.1 cm³/mol. The van der Waals surface area contributed by atoms with Gasteiger partial charge in [-0.2, -0.15) is 5.10 Å². The second kappa shape index (κ2) is 3.56. The van der Waals surface area contributed by atoms with Gasteiger partial charge in [0.05, 0.1) is 25.3 Å². The molecule has 2 aromatic heterocycles. The third kappa shape index (κ3) is 1.61. The van der Waals surface area contributed by atoms with Crippen molar-refractivity contribution in [2.75, 3.05) is 7.11 Å². The van der Waals surface area contributed by atoms with Crippen LogP contribution in [0.3, 0.4) is 0 Å². The number of aromatic nitrogens is 4. The first-order valence-electron chi connectivity index (χ1n) is 4.33. The predicted octanol–water partition coefficient (Wildman–Crippen LogP) is 0.597. The third-order valence-electron chi connectivity index (χ3n) is 2.06. The summed E-state index contributed by atoms with van der Waals surface area (Å²) in [5.41, 5.74) is 1.82. The van der Waals surface area contributed by atoms with Gasteiger partial charge in [0.1, 0.15) is 11.4 Å². The summed E-state index contributed by atoms with van der Waals surface area (Å²) >= 11 is 0. The van der Waals surface area contributed by atoms with Crippen molar-refractivity contribution in [2.45, 2.75) is 0 Å². The van der Waals surface area contributed by atoms with Gasteiger partial charge in [0.2, 0.25) is 0 Å². The van der Waals surface area contributed by atoms with Crippen molar-refractivity contribution in [1.82, 2.24) is 19.7 Å². The third-order valence-corrected chi connectivity index (χ3v) is 2.06. The van der Waals surface area contributed by atoms with Gasteiger partial charge in [-0.1, -0.05) is 0 Å². The fourth-order valence-corrected chi connectivity index (χ4v) is 1.27. The number of carbonyl (C=O) groups excluding carboxylic acids is 1. The molecule has 0 unspecified atom stereocenters. The summed E-state index contributed by atoms with van der Waals surface area (Å²) in [4.78, 5) is 15.1. The molecule has 6 heteroatoms. The molecule has 0 amide bonds. The molecule has 0 atom stereocenters. The summed E-state index contributed by atoms with van der Waals surface area (Å²) in [6.45, 7) is 0. The molecule has 0 fully saturated rings. The standard InChI is InChI=1S/C9H10N4O2/c1-13-5-10-4-8(13)6-3-7(12-11-6)9(14)15-2/h3-5H,1-2H3,(H,11,12). The Hall–Kier alpha value is -2.11. The molecule has 15 heavy (non-hydrogen) atoms. The molecule has 6 nitrogen and oxygen atoms in total. The number of esters is 1. The molecule has 0 aliphatic rings. The van der Waals surface area contributed by atoms with Crippen molar-refractivity contribution in [1.29, 1.82) is 0 Å². The van der Waals surface area contributed by atoms with Crippen molar-refractivity contribution >= 4 is 5.97 Å². The number of carbonyl (C=O) groups is 1. The summed E-state index contributed by atoms with van der Waals surface area (Å²) in [6, 6.07) is 1.63. The van der Waals surface area contributed by atoms with E-state index in [9.17, 15) is 4.79 Å². The maximum Gasteiger partial charge on any atom is 0.356 e. The lowest BCUT2D eigenvalue weighted by atomic mass is 10.3. The topological polar surface area (TPSA) is 72.8 Å². The van der Waals surface area contributed by atoms with E-state index in [0.29, 0.717) is 11.4 Å². The largest absolute Gasteiger partial charge is 0.464 e. The molecule has 1 N–H and O–H groups in total. The number of aromatic amines is 1. The van der Waals surface area contributed by atoms with Gasteiger partial charge in [-0.3, -0.25) is 5.10 Å². The Bertz CT molecular complexity index is 486. The van der Waals surface area contributed by atoms with Crippen molar-refractivity contribution in [3.63, 3.8) is 0 Å². The van der Waals surface area contributed by atoms with E-state index in [1.54, 1.807) is 18.6 Å². The number of H-pyrrole nitrogens is 1. The van der Waals surface area contributed by atoms with E-state index in [2.05, 4.69) is 19.9 Å². The van der Waals surface area contributed by atoms with Crippen LogP contribution in [0.25, 0.3) is 11.4 Å². The average molecular weight is 206 g/mol. The Labute approximate surface area is 85.9 Å². The second-order valence-corrected chi connectivity index (χ2v) is 3.05. The van der Waals surface area contributed by atoms with E-state index >= 15 is 0 Å². The Morgan fingerprint density at radius 2 is 2.40 bits per heavy atom. The number of methoxy groups -OCH3 is 1. The summed E-state index contributed by atoms with van der Waals surface area (Å²) in [7, 11) is 3.18. The number of rotatable bonds is 2. The number of nitrogens with zero attached hydrogens (tertiary/aromatic N) is 3. The quantitative estimate of drug-likeness (QED) is 0.730. The monoisotopic (exact) mass is 206 g/mol. The Morgan fingerprint density at radius 1 is 1.60 bits per heavy atom. The van der Waals surface area contributed by atoms with Crippen molar-refractivity contribution in [3.05, 3.63) is 24.3 Å². The minimum atomic E-state index is -0.434. The number of ether oxygens (including phenoxy) is 1. The molecule has 0 aliphatic carbocycles. The number of nitrogens with one attached hydrogen (secondary N) is 1. The molecule has 78 valence electrons. The number of hydrogen-bond acceptors (Lipinski definition) is 4. The van der Waals surface area contributed by atoms with Crippen molar-refractivity contribution in [3.8, 4) is 11.4 Å². The average Bonchev–Trinajstić information content (AvgIpc) is 2.84. The molecule has 0 spiro atoms. The van der Waals surface area contributed by atoms with Crippen LogP contribution in [0.15, 0.2) is 18.6 Å². The molecular formula is C9H10N4O2. The van der Waals surface area contributed by atoms with Gasteiger partial charge in [-0.15, -0.1) is 0 Å². The van der Waals surface area contributed by atoms with E-state index in [1.807, 2.05) is 11.6 Å². The first-order chi connectivity index (χ1) is 7.22. The van der Waals surface area contributed by atoms with E-state index in [0.717, 1.165) is 5.69 Å². The van der Waals surface area contributed by atoms with Crippen LogP contribution in [0.2, 0.25) is 0 Å². The van der Waals surface area contributed by atoms with Crippen molar-refractivity contribution in [2.24, 2.45) is 7.05 Å². The highest BCUT2D eigenvalue weighted by Crippen LogP contribution is 2.16. The van der Waals surface area contributed by atoms with E-state index < -0.39 is 5.97 Å². The molecule has 0 aromatic carbocycles. The number of hydrogen-bond donors (Lipinski definition) is 1. The number of imidazole rings is 1. The van der Waals surface area contributed by atoms with Crippen LogP contribution < -0.4 is 0 Å². The lowest BCUT2D eigenvalue weighted by molar-refractivity contribution is 0.0594. The second-order valence-electron chi connectivity index (χ2n) is 3.05. The first kappa shape index (κ1) is 9.45. The molecule has 0 aliphatic heterocycles. The Kier molecular flexibility index (Phi) is 2.24. The molecule has 2 aromatic rings. The van der Waals surface area contributed by atoms with Gasteiger partial charge < -0.3 is 9.30 Å². The maximum absolute atomic E-state index is 11.2. The van der Waals surface area contributed by atoms with Gasteiger partial charge in [-0.25, -0.2) is 9.78 Å². The normalized spacial score (nSPS) is 10.3. The minimum absolute atomic E-state index is 0.328. The summed E-state index contributed by atoms with van der Waals surface area (Å²) < 4.78 is 6.38. The van der Waals surface area contributed by atoms with Gasteiger partial charge in [-0.05, 0) is 0 Å². The first-order valence-corrected chi connectivity index (χ1v) is 4.33. The fraction of sp³-hybridized carbons (Fsp3) is 0.222. The summed E-state index contributed by atoms with van der Waals surface area (Å²) in [6.07, 6.45) is 3.35. The van der Waals surface area contributed by atoms with Gasteiger partial charge in [0, 0.05) is 13.1 Å². The molecule has 0 saturated heterocycles. The van der Waals surface area contributed by atoms with Gasteiger partial charge >= 0.3 is 5.97 Å². The van der Waals surface area contributed by atoms with E-state index in [1.165, 1.54) is 7.11 Å². The van der Waals surface area contributed by atoms with Crippen LogP contribution in [0.4, 0.5) is 0 Å². The van der Waals surface area contributed by atoms with E-state index in [4.69, 9.17) is 0 Å². The fourth-order valence-electron chi connectivity index (χ4n) is 1.27. The molecular weight excluding hydrogens is 196 g/mol. The molecule has 2 heterocycles. The lowest BCUT2D eigenvalue weighted by Gasteiger charge is -1.95. The zero-order valence-electron chi connectivity index (χ0n) is 8.39. The van der Waals surface area contributed by atoms with Gasteiger partial charge in [0.15, 0.2) is 0 Å². The summed E-state index contributed by atoms with van der Waals surface area (Å²) in [5, 5.41) is 6.61. The van der Waals surface area contributed by atoms with Crippen LogP contribution in [0.1, 0.15) is 10.5 Å². The maximum atomic E-state index is 11.2. The number of aryl methyl sites for hydroxylation is 1. The van der Waals surface area contributed by atoms with Crippen LogP contribution in [0, 0.1) is 0 Å². The molecule has 0 bridgehead atoms. The van der Waals surface area contributed by atoms with Crippen LogP contribution in [-0.2, 0) is 11.8 Å². The van der Waals surface area contributed by atoms with Crippen LogP contribution in [-0.4, -0.2) is 32.8 Å². The summed E-state index contributed by atoms with van der Waals surface area (Å²) in [5.74, 6) is -0.434. The highest BCUT2D eigenvalue weighted by atomic mass is 16.5. The van der Waals surface area contributed by atoms with E-state index in [-0.39, 0.29) is 0 Å². The molecule has 2 rings (SSSR count). The molecule has 0 saturated carbocycles. The van der Waals surface area contributed by atoms with Crippen LogP contribution in [0.5, 0.6) is 0 Å². The van der Waals surface area contributed by atoms with Crippen LogP contribution >= 0.6 is 0 Å². The highest BCUT2D eigenvalue weighted by molar-refractivity contribution is 5.88. The zero-order chi connectivity index (χ0) is 10.8. The highest BCUT2D eigenvalue weighted by Gasteiger charge is 2.12. The zero-order valence-corrected chi connectivity index (χ0v) is 8.39. The minimum Gasteiger partial charge on any atom is -0.464 e. The SMILES string of the molecule is COC(=O)c1cc(-c2cncn2C)n[nH]1. The smallest absolute Gasteiger partial charge is 0.356 e.